The maximum absolute atomic E-state index is 9.71. The first-order valence-corrected chi connectivity index (χ1v) is 10.7. The van der Waals surface area contributed by atoms with Crippen LogP contribution in [0.1, 0.15) is 84.0 Å². The van der Waals surface area contributed by atoms with Gasteiger partial charge in [0, 0.05) is 19.1 Å². The summed E-state index contributed by atoms with van der Waals surface area (Å²) in [5.41, 5.74) is 0. The average Bonchev–Trinajstić information content (AvgIpc) is 2.59. The van der Waals surface area contributed by atoms with Gasteiger partial charge in [-0.05, 0) is 63.7 Å². The van der Waals surface area contributed by atoms with Crippen LogP contribution in [0.2, 0.25) is 0 Å². The number of likely N-dealkylation sites (tertiary alicyclic amines) is 1. The van der Waals surface area contributed by atoms with Crippen LogP contribution >= 0.6 is 0 Å². The molecule has 0 bridgehead atoms. The van der Waals surface area contributed by atoms with Crippen LogP contribution in [-0.4, -0.2) is 48.0 Å². The minimum atomic E-state index is -0.0865. The Labute approximate surface area is 149 Å². The van der Waals surface area contributed by atoms with Crippen molar-refractivity contribution in [2.45, 2.75) is 102 Å². The van der Waals surface area contributed by atoms with Crippen LogP contribution in [0.15, 0.2) is 0 Å². The van der Waals surface area contributed by atoms with Gasteiger partial charge in [0.2, 0.25) is 0 Å². The van der Waals surface area contributed by atoms with Gasteiger partial charge >= 0.3 is 0 Å². The summed E-state index contributed by atoms with van der Waals surface area (Å²) < 4.78 is 6.20. The highest BCUT2D eigenvalue weighted by atomic mass is 16.5. The zero-order valence-corrected chi connectivity index (χ0v) is 15.8. The van der Waals surface area contributed by atoms with Crippen LogP contribution in [-0.2, 0) is 4.74 Å². The molecule has 3 nitrogen and oxygen atoms in total. The third kappa shape index (κ3) is 5.71. The molecule has 1 N–H and O–H groups in total. The molecule has 0 radical (unpaired) electrons. The molecule has 3 rings (SSSR count). The van der Waals surface area contributed by atoms with Gasteiger partial charge in [0.25, 0.3) is 0 Å². The van der Waals surface area contributed by atoms with Crippen molar-refractivity contribution in [3.63, 3.8) is 0 Å². The van der Waals surface area contributed by atoms with E-state index in [-0.39, 0.29) is 6.10 Å². The van der Waals surface area contributed by atoms with Crippen molar-refractivity contribution in [3.8, 4) is 0 Å². The summed E-state index contributed by atoms with van der Waals surface area (Å²) in [5.74, 6) is 2.02. The standard InChI is InChI=1S/C21H39NO2/c1-17-15-20(23)11-12-22(17)13-14-24-21-9-7-19(8-10-21)16-18-5-3-2-4-6-18/h17-21,23H,2-16H2,1H3/t17-,19?,20-,21?/m0/s1. The summed E-state index contributed by atoms with van der Waals surface area (Å²) in [5, 5.41) is 9.71. The van der Waals surface area contributed by atoms with Crippen LogP contribution in [0.4, 0.5) is 0 Å². The van der Waals surface area contributed by atoms with Crippen molar-refractivity contribution in [2.24, 2.45) is 11.8 Å². The summed E-state index contributed by atoms with van der Waals surface area (Å²) in [4.78, 5) is 2.49. The minimum Gasteiger partial charge on any atom is -0.393 e. The molecule has 1 aliphatic heterocycles. The van der Waals surface area contributed by atoms with E-state index in [1.54, 1.807) is 0 Å². The fourth-order valence-electron chi connectivity index (χ4n) is 5.29. The van der Waals surface area contributed by atoms with Gasteiger partial charge in [0.15, 0.2) is 0 Å². The molecule has 0 unspecified atom stereocenters. The number of aliphatic hydroxyl groups is 1. The maximum atomic E-state index is 9.71. The highest BCUT2D eigenvalue weighted by molar-refractivity contribution is 4.79. The van der Waals surface area contributed by atoms with Crippen molar-refractivity contribution in [2.75, 3.05) is 19.7 Å². The van der Waals surface area contributed by atoms with Crippen molar-refractivity contribution >= 4 is 0 Å². The van der Waals surface area contributed by atoms with Gasteiger partial charge < -0.3 is 9.84 Å². The molecule has 2 atom stereocenters. The summed E-state index contributed by atoms with van der Waals surface area (Å²) >= 11 is 0. The molecule has 1 heterocycles. The summed E-state index contributed by atoms with van der Waals surface area (Å²) in [6, 6.07) is 0.503. The Hall–Kier alpha value is -0.120. The average molecular weight is 338 g/mol. The van der Waals surface area contributed by atoms with E-state index in [2.05, 4.69) is 11.8 Å². The topological polar surface area (TPSA) is 32.7 Å². The molecule has 1 saturated heterocycles. The fraction of sp³-hybridized carbons (Fsp3) is 1.00. The molecule has 0 spiro atoms. The van der Waals surface area contributed by atoms with Crippen LogP contribution in [0.25, 0.3) is 0 Å². The second-order valence-corrected chi connectivity index (χ2v) is 8.82. The van der Waals surface area contributed by atoms with Crippen molar-refractivity contribution in [1.29, 1.82) is 0 Å². The second kappa shape index (κ2) is 9.54. The third-order valence-corrected chi connectivity index (χ3v) is 6.90. The van der Waals surface area contributed by atoms with E-state index in [1.165, 1.54) is 64.2 Å². The van der Waals surface area contributed by atoms with Crippen molar-refractivity contribution in [3.05, 3.63) is 0 Å². The predicted molar refractivity (Wildman–Crippen MR) is 99.2 cm³/mol. The Balaban J connectivity index is 1.27. The van der Waals surface area contributed by atoms with Gasteiger partial charge in [0.05, 0.1) is 18.8 Å². The predicted octanol–water partition coefficient (Wildman–Crippen LogP) is 4.38. The van der Waals surface area contributed by atoms with Crippen molar-refractivity contribution in [1.82, 2.24) is 4.90 Å². The van der Waals surface area contributed by atoms with E-state index in [0.29, 0.717) is 12.1 Å². The molecule has 3 aliphatic rings. The normalized spacial score (nSPS) is 36.8. The second-order valence-electron chi connectivity index (χ2n) is 8.82. The van der Waals surface area contributed by atoms with Gasteiger partial charge in [-0.1, -0.05) is 32.1 Å². The molecule has 0 aromatic rings. The van der Waals surface area contributed by atoms with Gasteiger partial charge in [0.1, 0.15) is 0 Å². The molecule has 0 aromatic carbocycles. The number of ether oxygens (including phenoxy) is 1. The number of hydrogen-bond donors (Lipinski definition) is 1. The molecule has 140 valence electrons. The Morgan fingerprint density at radius 1 is 0.917 bits per heavy atom. The fourth-order valence-corrected chi connectivity index (χ4v) is 5.29. The first-order chi connectivity index (χ1) is 11.7. The largest absolute Gasteiger partial charge is 0.393 e. The van der Waals surface area contributed by atoms with Crippen molar-refractivity contribution < 1.29 is 9.84 Å². The Kier molecular flexibility index (Phi) is 7.42. The molecular weight excluding hydrogens is 298 g/mol. The Morgan fingerprint density at radius 3 is 2.33 bits per heavy atom. The number of nitrogens with zero attached hydrogens (tertiary/aromatic N) is 1. The summed E-state index contributed by atoms with van der Waals surface area (Å²) in [6.45, 7) is 5.17. The van der Waals surface area contributed by atoms with E-state index in [4.69, 9.17) is 4.74 Å². The van der Waals surface area contributed by atoms with E-state index in [9.17, 15) is 5.11 Å². The lowest BCUT2D eigenvalue weighted by Crippen LogP contribution is -2.44. The van der Waals surface area contributed by atoms with Crippen LogP contribution < -0.4 is 0 Å². The van der Waals surface area contributed by atoms with E-state index >= 15 is 0 Å². The summed E-state index contributed by atoms with van der Waals surface area (Å²) in [6.07, 6.45) is 16.6. The monoisotopic (exact) mass is 337 g/mol. The lowest BCUT2D eigenvalue weighted by molar-refractivity contribution is -0.0140. The minimum absolute atomic E-state index is 0.0865. The number of rotatable bonds is 6. The first-order valence-electron chi connectivity index (χ1n) is 10.7. The maximum Gasteiger partial charge on any atom is 0.0597 e. The highest BCUT2D eigenvalue weighted by Gasteiger charge is 2.26. The first kappa shape index (κ1) is 18.7. The van der Waals surface area contributed by atoms with Gasteiger partial charge in [-0.25, -0.2) is 0 Å². The van der Waals surface area contributed by atoms with E-state index in [0.717, 1.165) is 44.4 Å². The quantitative estimate of drug-likeness (QED) is 0.781. The van der Waals surface area contributed by atoms with Crippen LogP contribution in [0.5, 0.6) is 0 Å². The van der Waals surface area contributed by atoms with Gasteiger partial charge in [-0.15, -0.1) is 0 Å². The molecule has 2 saturated carbocycles. The SMILES string of the molecule is C[C@H]1C[C@@H](O)CCN1CCOC1CCC(CC2CCCCC2)CC1. The molecule has 0 aromatic heterocycles. The van der Waals surface area contributed by atoms with E-state index in [1.807, 2.05) is 0 Å². The lowest BCUT2D eigenvalue weighted by Gasteiger charge is -2.36. The molecule has 0 amide bonds. The molecule has 24 heavy (non-hydrogen) atoms. The smallest absolute Gasteiger partial charge is 0.0597 e. The van der Waals surface area contributed by atoms with Crippen LogP contribution in [0, 0.1) is 11.8 Å². The zero-order valence-electron chi connectivity index (χ0n) is 15.8. The number of piperidine rings is 1. The van der Waals surface area contributed by atoms with E-state index < -0.39 is 0 Å². The summed E-state index contributed by atoms with van der Waals surface area (Å²) in [7, 11) is 0. The third-order valence-electron chi connectivity index (χ3n) is 6.90. The Morgan fingerprint density at radius 2 is 1.62 bits per heavy atom. The van der Waals surface area contributed by atoms with Gasteiger partial charge in [-0.3, -0.25) is 4.90 Å². The van der Waals surface area contributed by atoms with Gasteiger partial charge in [-0.2, -0.15) is 0 Å². The molecule has 3 fully saturated rings. The lowest BCUT2D eigenvalue weighted by atomic mass is 9.77. The zero-order chi connectivity index (χ0) is 16.8. The molecule has 3 heteroatoms. The molecule has 2 aliphatic carbocycles. The number of aliphatic hydroxyl groups excluding tert-OH is 1. The molecular formula is C21H39NO2. The Bertz CT molecular complexity index is 348. The highest BCUT2D eigenvalue weighted by Crippen LogP contribution is 2.35. The number of hydrogen-bond acceptors (Lipinski definition) is 3. The van der Waals surface area contributed by atoms with Crippen LogP contribution in [0.3, 0.4) is 0 Å².